The predicted octanol–water partition coefficient (Wildman–Crippen LogP) is 1.91. The zero-order valence-corrected chi connectivity index (χ0v) is 16.0. The highest BCUT2D eigenvalue weighted by molar-refractivity contribution is 5.84. The molecule has 0 unspecified atom stereocenters. The number of rotatable bonds is 4. The average molecular weight is 355 g/mol. The van der Waals surface area contributed by atoms with Crippen LogP contribution in [0.2, 0.25) is 0 Å². The van der Waals surface area contributed by atoms with Gasteiger partial charge in [-0.25, -0.2) is 9.97 Å². The summed E-state index contributed by atoms with van der Waals surface area (Å²) in [6.45, 7) is 4.65. The molecule has 2 aromatic rings. The van der Waals surface area contributed by atoms with E-state index in [1.165, 1.54) is 0 Å². The van der Waals surface area contributed by atoms with E-state index in [-0.39, 0.29) is 5.91 Å². The maximum Gasteiger partial charge on any atom is 0.254 e. The number of carbonyl (C=O) groups is 1. The average Bonchev–Trinajstić information content (AvgIpc) is 2.66. The standard InChI is InChI=1S/C19H25N5O2/c1-19(2,26-5)18(25)24-11-9-13-15(12-24)21-16(22-17(13)23(3)4)14-8-6-7-10-20-14/h6-8,10H,9,11-12H2,1-5H3. The van der Waals surface area contributed by atoms with E-state index in [1.807, 2.05) is 37.2 Å². The van der Waals surface area contributed by atoms with E-state index in [9.17, 15) is 4.79 Å². The lowest BCUT2D eigenvalue weighted by molar-refractivity contribution is -0.152. The number of fused-ring (bicyclic) bond motifs is 1. The van der Waals surface area contributed by atoms with Crippen LogP contribution in [0.25, 0.3) is 11.5 Å². The van der Waals surface area contributed by atoms with Gasteiger partial charge in [-0.3, -0.25) is 9.78 Å². The zero-order valence-electron chi connectivity index (χ0n) is 16.0. The van der Waals surface area contributed by atoms with E-state index in [1.54, 1.807) is 32.1 Å². The Morgan fingerprint density at radius 1 is 1.27 bits per heavy atom. The molecule has 7 heteroatoms. The number of carbonyl (C=O) groups excluding carboxylic acids is 1. The van der Waals surface area contributed by atoms with Crippen molar-refractivity contribution in [2.75, 3.05) is 32.6 Å². The van der Waals surface area contributed by atoms with Crippen molar-refractivity contribution in [3.63, 3.8) is 0 Å². The molecular formula is C19H25N5O2. The van der Waals surface area contributed by atoms with Crippen LogP contribution < -0.4 is 4.90 Å². The van der Waals surface area contributed by atoms with Gasteiger partial charge in [0.15, 0.2) is 5.82 Å². The Balaban J connectivity index is 2.01. The first-order valence-electron chi connectivity index (χ1n) is 8.66. The SMILES string of the molecule is COC(C)(C)C(=O)N1CCc2c(nc(-c3ccccn3)nc2N(C)C)C1. The number of methoxy groups -OCH3 is 1. The van der Waals surface area contributed by atoms with E-state index in [2.05, 4.69) is 4.98 Å². The van der Waals surface area contributed by atoms with Crippen molar-refractivity contribution in [2.45, 2.75) is 32.4 Å². The minimum Gasteiger partial charge on any atom is -0.369 e. The molecule has 3 heterocycles. The fraction of sp³-hybridized carbons (Fsp3) is 0.474. The van der Waals surface area contributed by atoms with E-state index in [0.717, 1.165) is 29.2 Å². The van der Waals surface area contributed by atoms with Crippen molar-refractivity contribution < 1.29 is 9.53 Å². The van der Waals surface area contributed by atoms with Crippen LogP contribution in [0.5, 0.6) is 0 Å². The molecule has 0 bridgehead atoms. The third-order valence-electron chi connectivity index (χ3n) is 4.67. The van der Waals surface area contributed by atoms with Gasteiger partial charge in [-0.2, -0.15) is 0 Å². The van der Waals surface area contributed by atoms with Gasteiger partial charge in [-0.1, -0.05) is 6.07 Å². The van der Waals surface area contributed by atoms with Gasteiger partial charge in [0.2, 0.25) is 0 Å². The predicted molar refractivity (Wildman–Crippen MR) is 99.8 cm³/mol. The lowest BCUT2D eigenvalue weighted by Gasteiger charge is -2.35. The molecule has 26 heavy (non-hydrogen) atoms. The number of aromatic nitrogens is 3. The first kappa shape index (κ1) is 18.3. The summed E-state index contributed by atoms with van der Waals surface area (Å²) in [5, 5.41) is 0. The van der Waals surface area contributed by atoms with Gasteiger partial charge < -0.3 is 14.5 Å². The fourth-order valence-corrected chi connectivity index (χ4v) is 3.03. The smallest absolute Gasteiger partial charge is 0.254 e. The Kier molecular flexibility index (Phi) is 4.91. The highest BCUT2D eigenvalue weighted by atomic mass is 16.5. The van der Waals surface area contributed by atoms with Gasteiger partial charge in [0.25, 0.3) is 5.91 Å². The minimum atomic E-state index is -0.848. The topological polar surface area (TPSA) is 71.5 Å². The van der Waals surface area contributed by atoms with Crippen LogP contribution in [-0.4, -0.2) is 59.1 Å². The molecule has 1 aliphatic heterocycles. The highest BCUT2D eigenvalue weighted by Gasteiger charge is 2.35. The maximum absolute atomic E-state index is 12.8. The number of hydrogen-bond acceptors (Lipinski definition) is 6. The molecular weight excluding hydrogens is 330 g/mol. The Labute approximate surface area is 154 Å². The summed E-state index contributed by atoms with van der Waals surface area (Å²) in [4.78, 5) is 30.4. The zero-order chi connectivity index (χ0) is 18.9. The van der Waals surface area contributed by atoms with Crippen molar-refractivity contribution in [2.24, 2.45) is 0 Å². The van der Waals surface area contributed by atoms with Crippen molar-refractivity contribution in [3.8, 4) is 11.5 Å². The van der Waals surface area contributed by atoms with Crippen LogP contribution in [0.15, 0.2) is 24.4 Å². The molecule has 138 valence electrons. The van der Waals surface area contributed by atoms with Gasteiger partial charge in [-0.15, -0.1) is 0 Å². The third kappa shape index (κ3) is 3.39. The lowest BCUT2D eigenvalue weighted by Crippen LogP contribution is -2.48. The van der Waals surface area contributed by atoms with Crippen molar-refractivity contribution in [1.82, 2.24) is 19.9 Å². The number of nitrogens with zero attached hydrogens (tertiary/aromatic N) is 5. The molecule has 0 saturated heterocycles. The highest BCUT2D eigenvalue weighted by Crippen LogP contribution is 2.29. The first-order valence-corrected chi connectivity index (χ1v) is 8.66. The second-order valence-electron chi connectivity index (χ2n) is 7.10. The van der Waals surface area contributed by atoms with Crippen molar-refractivity contribution in [1.29, 1.82) is 0 Å². The molecule has 1 aliphatic rings. The van der Waals surface area contributed by atoms with Crippen LogP contribution in [0, 0.1) is 0 Å². The van der Waals surface area contributed by atoms with Crippen LogP contribution in [0.4, 0.5) is 5.82 Å². The number of hydrogen-bond donors (Lipinski definition) is 0. The van der Waals surface area contributed by atoms with E-state index in [4.69, 9.17) is 14.7 Å². The summed E-state index contributed by atoms with van der Waals surface area (Å²) in [6.07, 6.45) is 2.45. The van der Waals surface area contributed by atoms with Gasteiger partial charge in [0, 0.05) is 39.5 Å². The largest absolute Gasteiger partial charge is 0.369 e. The van der Waals surface area contributed by atoms with Crippen LogP contribution >= 0.6 is 0 Å². The molecule has 0 aliphatic carbocycles. The molecule has 0 fully saturated rings. The van der Waals surface area contributed by atoms with Gasteiger partial charge in [0.1, 0.15) is 17.1 Å². The molecule has 7 nitrogen and oxygen atoms in total. The minimum absolute atomic E-state index is 0.0324. The van der Waals surface area contributed by atoms with Crippen LogP contribution in [-0.2, 0) is 22.5 Å². The Bertz CT molecular complexity index is 805. The summed E-state index contributed by atoms with van der Waals surface area (Å²) in [5.41, 5.74) is 1.84. The summed E-state index contributed by atoms with van der Waals surface area (Å²) >= 11 is 0. The quantitative estimate of drug-likeness (QED) is 0.834. The van der Waals surface area contributed by atoms with Crippen LogP contribution in [0.1, 0.15) is 25.1 Å². The Hall–Kier alpha value is -2.54. The molecule has 0 atom stereocenters. The van der Waals surface area contributed by atoms with E-state index >= 15 is 0 Å². The van der Waals surface area contributed by atoms with Gasteiger partial charge in [0.05, 0.1) is 12.2 Å². The normalized spacial score (nSPS) is 14.1. The molecule has 0 radical (unpaired) electrons. The summed E-state index contributed by atoms with van der Waals surface area (Å²) in [7, 11) is 5.49. The second kappa shape index (κ2) is 6.99. The summed E-state index contributed by atoms with van der Waals surface area (Å²) in [5.74, 6) is 1.43. The monoisotopic (exact) mass is 355 g/mol. The number of ether oxygens (including phenoxy) is 1. The second-order valence-corrected chi connectivity index (χ2v) is 7.10. The molecule has 0 saturated carbocycles. The molecule has 0 aromatic carbocycles. The molecule has 2 aromatic heterocycles. The van der Waals surface area contributed by atoms with E-state index in [0.29, 0.717) is 18.9 Å². The first-order chi connectivity index (χ1) is 12.3. The third-order valence-corrected chi connectivity index (χ3v) is 4.67. The summed E-state index contributed by atoms with van der Waals surface area (Å²) in [6, 6.07) is 5.67. The van der Waals surface area contributed by atoms with Gasteiger partial charge >= 0.3 is 0 Å². The van der Waals surface area contributed by atoms with Crippen molar-refractivity contribution in [3.05, 3.63) is 35.7 Å². The fourth-order valence-electron chi connectivity index (χ4n) is 3.03. The molecule has 1 amide bonds. The Morgan fingerprint density at radius 2 is 2.04 bits per heavy atom. The number of pyridine rings is 1. The molecule has 3 rings (SSSR count). The van der Waals surface area contributed by atoms with E-state index < -0.39 is 5.60 Å². The summed E-state index contributed by atoms with van der Waals surface area (Å²) < 4.78 is 5.35. The lowest BCUT2D eigenvalue weighted by atomic mass is 10.0. The molecule has 0 spiro atoms. The maximum atomic E-state index is 12.8. The van der Waals surface area contributed by atoms with Crippen molar-refractivity contribution >= 4 is 11.7 Å². The van der Waals surface area contributed by atoms with Crippen LogP contribution in [0.3, 0.4) is 0 Å². The van der Waals surface area contributed by atoms with Gasteiger partial charge in [-0.05, 0) is 32.4 Å². The number of amides is 1. The molecule has 0 N–H and O–H groups in total. The number of anilines is 1. The Morgan fingerprint density at radius 3 is 2.65 bits per heavy atom.